The molecule has 1 rings (SSSR count). The van der Waals surface area contributed by atoms with Crippen molar-refractivity contribution in [2.24, 2.45) is 5.73 Å². The van der Waals surface area contributed by atoms with Gasteiger partial charge in [-0.2, -0.15) is 0 Å². The molecule has 5 heteroatoms. The lowest BCUT2D eigenvalue weighted by atomic mass is 9.99. The molecule has 1 amide bonds. The van der Waals surface area contributed by atoms with E-state index in [4.69, 9.17) is 28.9 Å². The zero-order valence-electron chi connectivity index (χ0n) is 11.9. The fourth-order valence-electron chi connectivity index (χ4n) is 2.29. The largest absolute Gasteiger partial charge is 0.366 e. The first kappa shape index (κ1) is 16.5. The summed E-state index contributed by atoms with van der Waals surface area (Å²) in [6, 6.07) is 2.10. The van der Waals surface area contributed by atoms with Crippen LogP contribution >= 0.6 is 23.2 Å². The van der Waals surface area contributed by atoms with Crippen LogP contribution in [0.5, 0.6) is 0 Å². The molecular weight excluding hydrogens is 297 g/mol. The van der Waals surface area contributed by atoms with Gasteiger partial charge < -0.3 is 5.73 Å². The van der Waals surface area contributed by atoms with Crippen LogP contribution in [0.4, 0.5) is 0 Å². The Labute approximate surface area is 126 Å². The molecular formula is C14H21Cl2NOSi. The van der Waals surface area contributed by atoms with Crippen LogP contribution in [0.15, 0.2) is 6.07 Å². The first-order chi connectivity index (χ1) is 8.80. The summed E-state index contributed by atoms with van der Waals surface area (Å²) in [5.74, 6) is -0.456. The maximum Gasteiger partial charge on any atom is 0.250 e. The van der Waals surface area contributed by atoms with Gasteiger partial charge >= 0.3 is 0 Å². The van der Waals surface area contributed by atoms with Gasteiger partial charge in [-0.3, -0.25) is 4.79 Å². The molecule has 1 aromatic rings. The molecule has 0 radical (unpaired) electrons. The molecule has 0 atom stereocenters. The standard InChI is InChI=1S/C14H21Cl2NOSi/c1-5-9-7-11(19(3,4)8-15)12(14(17)18)13(16)10(9)6-2/h7H,5-6,8H2,1-4H3,(H2,17,18). The van der Waals surface area contributed by atoms with Gasteiger partial charge in [0, 0.05) is 5.50 Å². The normalized spacial score (nSPS) is 11.7. The lowest BCUT2D eigenvalue weighted by molar-refractivity contribution is 0.100. The third kappa shape index (κ3) is 3.15. The van der Waals surface area contributed by atoms with E-state index in [1.54, 1.807) is 0 Å². The van der Waals surface area contributed by atoms with E-state index in [9.17, 15) is 4.79 Å². The smallest absolute Gasteiger partial charge is 0.250 e. The summed E-state index contributed by atoms with van der Waals surface area (Å²) < 4.78 is 0. The Morgan fingerprint density at radius 2 is 1.89 bits per heavy atom. The second-order valence-electron chi connectivity index (χ2n) is 5.34. The van der Waals surface area contributed by atoms with Gasteiger partial charge in [0.15, 0.2) is 0 Å². The molecule has 2 N–H and O–H groups in total. The van der Waals surface area contributed by atoms with Gasteiger partial charge in [-0.05, 0) is 29.2 Å². The van der Waals surface area contributed by atoms with Crippen molar-refractivity contribution in [3.05, 3.63) is 27.8 Å². The fraction of sp³-hybridized carbons (Fsp3) is 0.500. The Morgan fingerprint density at radius 1 is 1.32 bits per heavy atom. The predicted octanol–water partition coefficient (Wildman–Crippen LogP) is 3.26. The van der Waals surface area contributed by atoms with Crippen molar-refractivity contribution < 1.29 is 4.79 Å². The highest BCUT2D eigenvalue weighted by Crippen LogP contribution is 2.27. The van der Waals surface area contributed by atoms with E-state index in [0.29, 0.717) is 16.1 Å². The molecule has 0 aliphatic rings. The molecule has 106 valence electrons. The van der Waals surface area contributed by atoms with Crippen molar-refractivity contribution in [1.82, 2.24) is 0 Å². The Balaban J connectivity index is 3.72. The van der Waals surface area contributed by atoms with Crippen molar-refractivity contribution in [1.29, 1.82) is 0 Å². The van der Waals surface area contributed by atoms with E-state index in [1.165, 1.54) is 5.56 Å². The number of amides is 1. The topological polar surface area (TPSA) is 43.1 Å². The first-order valence-electron chi connectivity index (χ1n) is 6.50. The van der Waals surface area contributed by atoms with Crippen LogP contribution in [-0.4, -0.2) is 19.5 Å². The summed E-state index contributed by atoms with van der Waals surface area (Å²) in [6.07, 6.45) is 1.69. The fourth-order valence-corrected chi connectivity index (χ4v) is 4.88. The summed E-state index contributed by atoms with van der Waals surface area (Å²) in [7, 11) is -1.90. The summed E-state index contributed by atoms with van der Waals surface area (Å²) in [4.78, 5) is 11.8. The van der Waals surface area contributed by atoms with E-state index in [1.807, 2.05) is 6.92 Å². The van der Waals surface area contributed by atoms with E-state index < -0.39 is 14.0 Å². The summed E-state index contributed by atoms with van der Waals surface area (Å²) in [6.45, 7) is 8.38. The second kappa shape index (κ2) is 6.29. The SMILES string of the molecule is CCc1cc([Si](C)(C)CCl)c(C(N)=O)c(Cl)c1CC. The van der Waals surface area contributed by atoms with E-state index in [-0.39, 0.29) is 0 Å². The molecule has 19 heavy (non-hydrogen) atoms. The Hall–Kier alpha value is -0.513. The Kier molecular flexibility index (Phi) is 5.48. The molecule has 0 aliphatic carbocycles. The average molecular weight is 318 g/mol. The molecule has 0 aromatic heterocycles. The summed E-state index contributed by atoms with van der Waals surface area (Å²) in [5, 5.41) is 1.50. The van der Waals surface area contributed by atoms with Crippen LogP contribution < -0.4 is 10.9 Å². The van der Waals surface area contributed by atoms with Gasteiger partial charge in [0.2, 0.25) is 5.91 Å². The Bertz CT molecular complexity index is 501. The highest BCUT2D eigenvalue weighted by atomic mass is 35.5. The minimum absolute atomic E-state index is 0.456. The number of hydrogen-bond donors (Lipinski definition) is 1. The number of halogens is 2. The van der Waals surface area contributed by atoms with Crippen molar-refractivity contribution in [3.8, 4) is 0 Å². The van der Waals surface area contributed by atoms with Crippen molar-refractivity contribution in [3.63, 3.8) is 0 Å². The molecule has 0 unspecified atom stereocenters. The van der Waals surface area contributed by atoms with Gasteiger partial charge in [-0.15, -0.1) is 11.6 Å². The summed E-state index contributed by atoms with van der Waals surface area (Å²) in [5.41, 5.74) is 8.78. The number of hydrogen-bond acceptors (Lipinski definition) is 1. The maximum absolute atomic E-state index is 11.8. The number of aryl methyl sites for hydroxylation is 1. The van der Waals surface area contributed by atoms with Gasteiger partial charge in [0.1, 0.15) is 0 Å². The van der Waals surface area contributed by atoms with Crippen LogP contribution in [0.25, 0.3) is 0 Å². The second-order valence-corrected chi connectivity index (χ2v) is 11.1. The van der Waals surface area contributed by atoms with Gasteiger partial charge in [-0.1, -0.05) is 44.6 Å². The predicted molar refractivity (Wildman–Crippen MR) is 86.6 cm³/mol. The van der Waals surface area contributed by atoms with Crippen LogP contribution in [0.2, 0.25) is 18.1 Å². The minimum atomic E-state index is -1.90. The monoisotopic (exact) mass is 317 g/mol. The van der Waals surface area contributed by atoms with E-state index >= 15 is 0 Å². The molecule has 0 aliphatic heterocycles. The molecule has 0 heterocycles. The molecule has 0 fully saturated rings. The van der Waals surface area contributed by atoms with Crippen LogP contribution in [0.1, 0.15) is 35.3 Å². The van der Waals surface area contributed by atoms with Gasteiger partial charge in [-0.25, -0.2) is 0 Å². The lowest BCUT2D eigenvalue weighted by Gasteiger charge is -2.25. The highest BCUT2D eigenvalue weighted by Gasteiger charge is 2.30. The number of nitrogens with two attached hydrogens (primary N) is 1. The minimum Gasteiger partial charge on any atom is -0.366 e. The first-order valence-corrected chi connectivity index (χ1v) is 10.6. The number of benzene rings is 1. The molecule has 1 aromatic carbocycles. The molecule has 0 spiro atoms. The quantitative estimate of drug-likeness (QED) is 0.657. The third-order valence-corrected chi connectivity index (χ3v) is 8.45. The Morgan fingerprint density at radius 3 is 2.26 bits per heavy atom. The zero-order chi connectivity index (χ0) is 14.8. The maximum atomic E-state index is 11.8. The number of primary amides is 1. The van der Waals surface area contributed by atoms with Crippen LogP contribution in [0.3, 0.4) is 0 Å². The van der Waals surface area contributed by atoms with Crippen molar-refractivity contribution in [2.45, 2.75) is 39.8 Å². The van der Waals surface area contributed by atoms with Crippen LogP contribution in [0, 0.1) is 0 Å². The van der Waals surface area contributed by atoms with Crippen molar-refractivity contribution in [2.75, 3.05) is 5.50 Å². The number of alkyl halides is 1. The van der Waals surface area contributed by atoms with Crippen LogP contribution in [-0.2, 0) is 12.8 Å². The third-order valence-electron chi connectivity index (χ3n) is 3.50. The average Bonchev–Trinajstić information content (AvgIpc) is 2.36. The number of carbonyl (C=O) groups excluding carboxylic acids is 1. The highest BCUT2D eigenvalue weighted by molar-refractivity contribution is 6.94. The molecule has 0 bridgehead atoms. The molecule has 2 nitrogen and oxygen atoms in total. The van der Waals surface area contributed by atoms with E-state index in [0.717, 1.165) is 23.6 Å². The van der Waals surface area contributed by atoms with Gasteiger partial charge in [0.25, 0.3) is 0 Å². The van der Waals surface area contributed by atoms with Crippen molar-refractivity contribution >= 4 is 42.4 Å². The van der Waals surface area contributed by atoms with E-state index in [2.05, 4.69) is 26.1 Å². The number of rotatable bonds is 5. The molecule has 0 saturated heterocycles. The van der Waals surface area contributed by atoms with Gasteiger partial charge in [0.05, 0.1) is 18.7 Å². The summed E-state index contributed by atoms with van der Waals surface area (Å²) >= 11 is 12.5. The lowest BCUT2D eigenvalue weighted by Crippen LogP contribution is -2.48. The molecule has 0 saturated carbocycles. The zero-order valence-corrected chi connectivity index (χ0v) is 14.5. The number of carbonyl (C=O) groups is 1.